The van der Waals surface area contributed by atoms with Crippen molar-refractivity contribution < 1.29 is 13.9 Å². The number of nitrogens with zero attached hydrogens (tertiary/aromatic N) is 1. The van der Waals surface area contributed by atoms with Crippen LogP contribution in [0.15, 0.2) is 16.5 Å². The maximum absolute atomic E-state index is 5.93. The number of hydrogen-bond acceptors (Lipinski definition) is 4. The lowest BCUT2D eigenvalue weighted by molar-refractivity contribution is 0.172. The summed E-state index contributed by atoms with van der Waals surface area (Å²) < 4.78 is 17.1. The normalized spacial score (nSPS) is 19.8. The highest BCUT2D eigenvalue weighted by molar-refractivity contribution is 5.77. The van der Waals surface area contributed by atoms with Crippen LogP contribution in [0.4, 0.5) is 0 Å². The summed E-state index contributed by atoms with van der Waals surface area (Å²) in [5.41, 5.74) is 1.69. The molecule has 0 N–H and O–H groups in total. The number of ether oxygens (including phenoxy) is 2. The van der Waals surface area contributed by atoms with Crippen LogP contribution in [0.1, 0.15) is 43.9 Å². The third-order valence-electron chi connectivity index (χ3n) is 4.02. The van der Waals surface area contributed by atoms with Gasteiger partial charge in [0, 0.05) is 18.1 Å². The van der Waals surface area contributed by atoms with Crippen molar-refractivity contribution in [2.45, 2.75) is 38.0 Å². The summed E-state index contributed by atoms with van der Waals surface area (Å²) in [6.07, 6.45) is 6.30. The van der Waals surface area contributed by atoms with Crippen LogP contribution in [0.2, 0.25) is 0 Å². The third-order valence-corrected chi connectivity index (χ3v) is 4.02. The molecule has 1 aromatic heterocycles. The van der Waals surface area contributed by atoms with E-state index in [1.54, 1.807) is 0 Å². The van der Waals surface area contributed by atoms with Gasteiger partial charge in [-0.15, -0.1) is 0 Å². The molecule has 2 heterocycles. The second-order valence-electron chi connectivity index (χ2n) is 5.35. The number of aromatic nitrogens is 1. The van der Waals surface area contributed by atoms with Gasteiger partial charge in [-0.25, -0.2) is 4.98 Å². The molecule has 1 saturated carbocycles. The summed E-state index contributed by atoms with van der Waals surface area (Å²) in [4.78, 5) is 4.64. The number of oxazole rings is 1. The molecule has 0 amide bonds. The summed E-state index contributed by atoms with van der Waals surface area (Å²) >= 11 is 0. The van der Waals surface area contributed by atoms with Gasteiger partial charge in [-0.1, -0.05) is 19.3 Å². The molecule has 0 bridgehead atoms. The zero-order chi connectivity index (χ0) is 12.7. The second-order valence-corrected chi connectivity index (χ2v) is 5.35. The molecular weight excluding hydrogens is 242 g/mol. The Balaban J connectivity index is 1.73. The molecule has 0 radical (unpaired) electrons. The van der Waals surface area contributed by atoms with E-state index in [1.165, 1.54) is 32.1 Å². The highest BCUT2D eigenvalue weighted by Crippen LogP contribution is 2.38. The molecule has 100 valence electrons. The zero-order valence-corrected chi connectivity index (χ0v) is 10.9. The van der Waals surface area contributed by atoms with Crippen LogP contribution in [-0.2, 0) is 0 Å². The van der Waals surface area contributed by atoms with E-state index in [1.807, 2.05) is 12.1 Å². The molecule has 1 aliphatic carbocycles. The third kappa shape index (κ3) is 1.95. The Labute approximate surface area is 111 Å². The van der Waals surface area contributed by atoms with Gasteiger partial charge >= 0.3 is 0 Å². The summed E-state index contributed by atoms with van der Waals surface area (Å²) in [6.45, 7) is 1.20. The van der Waals surface area contributed by atoms with Gasteiger partial charge in [0.05, 0.1) is 0 Å². The monoisotopic (exact) mass is 259 g/mol. The van der Waals surface area contributed by atoms with E-state index in [0.717, 1.165) is 28.5 Å². The van der Waals surface area contributed by atoms with Crippen LogP contribution < -0.4 is 9.47 Å². The van der Waals surface area contributed by atoms with Crippen LogP contribution in [0.5, 0.6) is 11.5 Å². The number of hydrogen-bond donors (Lipinski definition) is 0. The summed E-state index contributed by atoms with van der Waals surface area (Å²) in [7, 11) is 0. The van der Waals surface area contributed by atoms with E-state index >= 15 is 0 Å². The molecular formula is C15H17NO3. The van der Waals surface area contributed by atoms with Gasteiger partial charge in [0.25, 0.3) is 0 Å². The second kappa shape index (κ2) is 4.44. The van der Waals surface area contributed by atoms with Gasteiger partial charge < -0.3 is 13.9 Å². The highest BCUT2D eigenvalue weighted by Gasteiger charge is 2.22. The quantitative estimate of drug-likeness (QED) is 0.784. The molecule has 0 unspecified atom stereocenters. The number of benzene rings is 1. The number of fused-ring (bicyclic) bond motifs is 2. The Morgan fingerprint density at radius 1 is 0.947 bits per heavy atom. The molecule has 4 nitrogen and oxygen atoms in total. The molecule has 2 aromatic rings. The van der Waals surface area contributed by atoms with E-state index < -0.39 is 0 Å². The Hall–Kier alpha value is -1.71. The predicted octanol–water partition coefficient (Wildman–Crippen LogP) is 3.65. The van der Waals surface area contributed by atoms with Gasteiger partial charge in [0.2, 0.25) is 0 Å². The first kappa shape index (κ1) is 11.1. The fourth-order valence-electron chi connectivity index (χ4n) is 3.01. The van der Waals surface area contributed by atoms with Crippen LogP contribution in [0.25, 0.3) is 11.1 Å². The molecule has 1 aromatic carbocycles. The Morgan fingerprint density at radius 3 is 2.47 bits per heavy atom. The van der Waals surface area contributed by atoms with Crippen molar-refractivity contribution >= 4 is 11.1 Å². The topological polar surface area (TPSA) is 44.5 Å². The lowest BCUT2D eigenvalue weighted by atomic mass is 9.89. The predicted molar refractivity (Wildman–Crippen MR) is 70.8 cm³/mol. The van der Waals surface area contributed by atoms with E-state index in [0.29, 0.717) is 19.1 Å². The van der Waals surface area contributed by atoms with Crippen LogP contribution in [0.3, 0.4) is 0 Å². The fraction of sp³-hybridized carbons (Fsp3) is 0.533. The van der Waals surface area contributed by atoms with Crippen molar-refractivity contribution in [3.05, 3.63) is 18.0 Å². The minimum Gasteiger partial charge on any atom is -0.486 e. The van der Waals surface area contributed by atoms with E-state index in [2.05, 4.69) is 4.98 Å². The molecule has 2 aliphatic rings. The SMILES string of the molecule is c1c2c(cc3oc(C4CCCCC4)nc13)OCCO2. The lowest BCUT2D eigenvalue weighted by Crippen LogP contribution is -2.15. The maximum atomic E-state index is 5.93. The lowest BCUT2D eigenvalue weighted by Gasteiger charge is -2.17. The van der Waals surface area contributed by atoms with Crippen molar-refractivity contribution in [2.24, 2.45) is 0 Å². The molecule has 0 atom stereocenters. The summed E-state index contributed by atoms with van der Waals surface area (Å²) in [5, 5.41) is 0. The van der Waals surface area contributed by atoms with Gasteiger partial charge in [-0.2, -0.15) is 0 Å². The summed E-state index contributed by atoms with van der Waals surface area (Å²) in [6, 6.07) is 3.84. The van der Waals surface area contributed by atoms with Gasteiger partial charge in [-0.3, -0.25) is 0 Å². The fourth-order valence-corrected chi connectivity index (χ4v) is 3.01. The van der Waals surface area contributed by atoms with Crippen molar-refractivity contribution in [1.29, 1.82) is 0 Å². The van der Waals surface area contributed by atoms with Crippen molar-refractivity contribution in [3.63, 3.8) is 0 Å². The summed E-state index contributed by atoms with van der Waals surface area (Å²) in [5.74, 6) is 2.92. The largest absolute Gasteiger partial charge is 0.486 e. The minimum atomic E-state index is 0.486. The average Bonchev–Trinajstić information content (AvgIpc) is 2.88. The van der Waals surface area contributed by atoms with Gasteiger partial charge in [0.15, 0.2) is 23.0 Å². The van der Waals surface area contributed by atoms with E-state index in [9.17, 15) is 0 Å². The highest BCUT2D eigenvalue weighted by atomic mass is 16.6. The van der Waals surface area contributed by atoms with Crippen LogP contribution in [-0.4, -0.2) is 18.2 Å². The Morgan fingerprint density at radius 2 is 1.68 bits per heavy atom. The first-order valence-electron chi connectivity index (χ1n) is 7.10. The molecule has 19 heavy (non-hydrogen) atoms. The molecule has 1 aliphatic heterocycles. The van der Waals surface area contributed by atoms with Crippen molar-refractivity contribution in [3.8, 4) is 11.5 Å². The molecule has 0 spiro atoms. The zero-order valence-electron chi connectivity index (χ0n) is 10.9. The van der Waals surface area contributed by atoms with Crippen LogP contribution >= 0.6 is 0 Å². The first-order chi connectivity index (χ1) is 9.40. The Bertz CT molecular complexity index is 556. The Kier molecular flexibility index (Phi) is 2.60. The van der Waals surface area contributed by atoms with Crippen molar-refractivity contribution in [2.75, 3.05) is 13.2 Å². The number of rotatable bonds is 1. The first-order valence-corrected chi connectivity index (χ1v) is 7.10. The van der Waals surface area contributed by atoms with Gasteiger partial charge in [0.1, 0.15) is 18.7 Å². The van der Waals surface area contributed by atoms with Crippen molar-refractivity contribution in [1.82, 2.24) is 4.98 Å². The minimum absolute atomic E-state index is 0.486. The van der Waals surface area contributed by atoms with E-state index in [4.69, 9.17) is 13.9 Å². The smallest absolute Gasteiger partial charge is 0.198 e. The maximum Gasteiger partial charge on any atom is 0.198 e. The standard InChI is InChI=1S/C15H17NO3/c1-2-4-10(5-3-1)15-16-11-8-13-14(9-12(11)19-15)18-7-6-17-13/h8-10H,1-7H2. The van der Waals surface area contributed by atoms with E-state index in [-0.39, 0.29) is 0 Å². The average molecular weight is 259 g/mol. The molecule has 1 fully saturated rings. The molecule has 0 saturated heterocycles. The van der Waals surface area contributed by atoms with Crippen LogP contribution in [0, 0.1) is 0 Å². The molecule has 4 rings (SSSR count). The molecule has 4 heteroatoms. The van der Waals surface area contributed by atoms with Gasteiger partial charge in [-0.05, 0) is 12.8 Å².